The van der Waals surface area contributed by atoms with E-state index in [4.69, 9.17) is 4.74 Å². The molecule has 1 saturated heterocycles. The lowest BCUT2D eigenvalue weighted by molar-refractivity contribution is -0.139. The number of benzene rings is 1. The first-order valence-electron chi connectivity index (χ1n) is 9.72. The fourth-order valence-corrected chi connectivity index (χ4v) is 3.59. The molecule has 2 amide bonds. The molecule has 148 valence electrons. The van der Waals surface area contributed by atoms with Gasteiger partial charge in [0.1, 0.15) is 5.75 Å². The number of likely N-dealkylation sites (tertiary alicyclic amines) is 1. The molecule has 1 aliphatic heterocycles. The van der Waals surface area contributed by atoms with Gasteiger partial charge in [-0.1, -0.05) is 6.92 Å². The highest BCUT2D eigenvalue weighted by atomic mass is 16.5. The lowest BCUT2D eigenvalue weighted by atomic mass is 9.97. The Bertz CT molecular complexity index is 691. The van der Waals surface area contributed by atoms with Gasteiger partial charge >= 0.3 is 0 Å². The second-order valence-corrected chi connectivity index (χ2v) is 7.28. The summed E-state index contributed by atoms with van der Waals surface area (Å²) in [6.07, 6.45) is 4.31. The zero-order valence-electron chi connectivity index (χ0n) is 16.7. The molecule has 1 aliphatic rings. The first-order chi connectivity index (χ1) is 12.8. The molecule has 6 heteroatoms. The largest absolute Gasteiger partial charge is 0.483 e. The molecule has 1 aromatic rings. The maximum Gasteiger partial charge on any atom is 0.260 e. The summed E-state index contributed by atoms with van der Waals surface area (Å²) in [6, 6.07) is 5.32. The molecule has 0 aromatic heterocycles. The highest BCUT2D eigenvalue weighted by Crippen LogP contribution is 2.25. The molecule has 0 bridgehead atoms. The quantitative estimate of drug-likeness (QED) is 0.737. The van der Waals surface area contributed by atoms with Crippen molar-refractivity contribution in [2.45, 2.75) is 71.9 Å². The highest BCUT2D eigenvalue weighted by Gasteiger charge is 2.29. The smallest absolute Gasteiger partial charge is 0.260 e. The van der Waals surface area contributed by atoms with Crippen LogP contribution in [0.25, 0.3) is 0 Å². The maximum absolute atomic E-state index is 12.6. The van der Waals surface area contributed by atoms with Crippen LogP contribution in [0.15, 0.2) is 18.2 Å². The van der Waals surface area contributed by atoms with Gasteiger partial charge in [-0.2, -0.15) is 0 Å². The molecular formula is C21H30N2O4. The number of nitrogens with one attached hydrogen (secondary N) is 1. The number of carbonyl (C=O) groups excluding carboxylic acids is 3. The summed E-state index contributed by atoms with van der Waals surface area (Å²) >= 11 is 0. The molecule has 2 atom stereocenters. The predicted octanol–water partition coefficient (Wildman–Crippen LogP) is 3.80. The van der Waals surface area contributed by atoms with Crippen molar-refractivity contribution in [1.29, 1.82) is 0 Å². The van der Waals surface area contributed by atoms with Crippen LogP contribution in [0.5, 0.6) is 5.75 Å². The molecule has 6 nitrogen and oxygen atoms in total. The Kier molecular flexibility index (Phi) is 7.39. The Labute approximate surface area is 161 Å². The van der Waals surface area contributed by atoms with Crippen molar-refractivity contribution < 1.29 is 19.1 Å². The van der Waals surface area contributed by atoms with E-state index in [-0.39, 0.29) is 36.3 Å². The third-order valence-corrected chi connectivity index (χ3v) is 4.95. The van der Waals surface area contributed by atoms with Crippen molar-refractivity contribution >= 4 is 23.3 Å². The third kappa shape index (κ3) is 5.55. The summed E-state index contributed by atoms with van der Waals surface area (Å²) in [6.45, 7) is 7.39. The van der Waals surface area contributed by atoms with Crippen LogP contribution in [0.3, 0.4) is 0 Å². The van der Waals surface area contributed by atoms with Gasteiger partial charge in [0, 0.05) is 24.2 Å². The van der Waals surface area contributed by atoms with Gasteiger partial charge in [0.25, 0.3) is 5.91 Å². The van der Waals surface area contributed by atoms with Gasteiger partial charge in [0.05, 0.1) is 5.56 Å². The summed E-state index contributed by atoms with van der Waals surface area (Å²) in [5.41, 5.74) is 0.910. The Morgan fingerprint density at radius 1 is 1.19 bits per heavy atom. The van der Waals surface area contributed by atoms with Crippen molar-refractivity contribution in [2.24, 2.45) is 0 Å². The molecule has 1 heterocycles. The third-order valence-electron chi connectivity index (χ3n) is 4.95. The SMILES string of the molecule is CCCC(=O)Nc1ccc(OCC(=O)N2C(C)CCCC2C)c(C(C)=O)c1. The average molecular weight is 374 g/mol. The number of ether oxygens (including phenoxy) is 1. The number of carbonyl (C=O) groups is 3. The number of nitrogens with zero attached hydrogens (tertiary/aromatic N) is 1. The molecule has 2 rings (SSSR count). The second-order valence-electron chi connectivity index (χ2n) is 7.28. The number of rotatable bonds is 7. The zero-order valence-corrected chi connectivity index (χ0v) is 16.7. The van der Waals surface area contributed by atoms with Crippen molar-refractivity contribution in [3.8, 4) is 5.75 Å². The molecule has 1 N–H and O–H groups in total. The number of anilines is 1. The van der Waals surface area contributed by atoms with Gasteiger partial charge in [0.2, 0.25) is 5.91 Å². The summed E-state index contributed by atoms with van der Waals surface area (Å²) < 4.78 is 5.69. The van der Waals surface area contributed by atoms with E-state index in [2.05, 4.69) is 19.2 Å². The van der Waals surface area contributed by atoms with Crippen LogP contribution in [0.1, 0.15) is 70.2 Å². The van der Waals surface area contributed by atoms with Gasteiger partial charge < -0.3 is 15.0 Å². The minimum absolute atomic E-state index is 0.0653. The minimum atomic E-state index is -0.177. The highest BCUT2D eigenvalue weighted by molar-refractivity contribution is 5.99. The topological polar surface area (TPSA) is 75.7 Å². The maximum atomic E-state index is 12.6. The molecule has 0 saturated carbocycles. The monoisotopic (exact) mass is 374 g/mol. The lowest BCUT2D eigenvalue weighted by Crippen LogP contribution is -2.49. The van der Waals surface area contributed by atoms with Crippen molar-refractivity contribution in [1.82, 2.24) is 4.90 Å². The van der Waals surface area contributed by atoms with Crippen LogP contribution >= 0.6 is 0 Å². The van der Waals surface area contributed by atoms with Crippen LogP contribution in [-0.4, -0.2) is 41.2 Å². The zero-order chi connectivity index (χ0) is 20.0. The van der Waals surface area contributed by atoms with Crippen LogP contribution in [0.2, 0.25) is 0 Å². The van der Waals surface area contributed by atoms with Crippen LogP contribution in [0, 0.1) is 0 Å². The van der Waals surface area contributed by atoms with E-state index >= 15 is 0 Å². The number of amides is 2. The van der Waals surface area contributed by atoms with E-state index < -0.39 is 0 Å². The number of Topliss-reactive ketones (excluding diaryl/α,β-unsaturated/α-hetero) is 1. The fraction of sp³-hybridized carbons (Fsp3) is 0.571. The molecule has 1 fully saturated rings. The molecular weight excluding hydrogens is 344 g/mol. The molecule has 1 aromatic carbocycles. The van der Waals surface area contributed by atoms with Gasteiger partial charge in [-0.3, -0.25) is 14.4 Å². The number of hydrogen-bond donors (Lipinski definition) is 1. The van der Waals surface area contributed by atoms with Gasteiger partial charge in [0.15, 0.2) is 12.4 Å². The Morgan fingerprint density at radius 3 is 2.44 bits per heavy atom. The Balaban J connectivity index is 2.07. The van der Waals surface area contributed by atoms with Crippen LogP contribution in [-0.2, 0) is 9.59 Å². The van der Waals surface area contributed by atoms with E-state index in [1.807, 2.05) is 11.8 Å². The van der Waals surface area contributed by atoms with E-state index in [1.165, 1.54) is 6.92 Å². The average Bonchev–Trinajstić information content (AvgIpc) is 2.60. The standard InChI is InChI=1S/C21H30N2O4/c1-5-7-20(25)22-17-10-11-19(18(12-17)16(4)24)27-13-21(26)23-14(2)8-6-9-15(23)3/h10-12,14-15H,5-9,13H2,1-4H3,(H,22,25). The molecule has 2 unspecified atom stereocenters. The molecule has 0 spiro atoms. The second kappa shape index (κ2) is 9.53. The number of piperidine rings is 1. The first-order valence-corrected chi connectivity index (χ1v) is 9.72. The van der Waals surface area contributed by atoms with Crippen molar-refractivity contribution in [3.63, 3.8) is 0 Å². The van der Waals surface area contributed by atoms with E-state index in [1.54, 1.807) is 18.2 Å². The lowest BCUT2D eigenvalue weighted by Gasteiger charge is -2.39. The normalized spacial score (nSPS) is 19.5. The van der Waals surface area contributed by atoms with E-state index in [0.717, 1.165) is 25.7 Å². The molecule has 0 radical (unpaired) electrons. The summed E-state index contributed by atoms with van der Waals surface area (Å²) in [5, 5.41) is 2.77. The van der Waals surface area contributed by atoms with Crippen molar-refractivity contribution in [3.05, 3.63) is 23.8 Å². The van der Waals surface area contributed by atoms with Crippen LogP contribution in [0.4, 0.5) is 5.69 Å². The Hall–Kier alpha value is -2.37. The summed E-state index contributed by atoms with van der Waals surface area (Å²) in [5.74, 6) is 0.0267. The number of ketones is 1. The van der Waals surface area contributed by atoms with Gasteiger partial charge in [-0.05, 0) is 64.7 Å². The predicted molar refractivity (Wildman–Crippen MR) is 105 cm³/mol. The van der Waals surface area contributed by atoms with Crippen molar-refractivity contribution in [2.75, 3.05) is 11.9 Å². The van der Waals surface area contributed by atoms with Gasteiger partial charge in [-0.25, -0.2) is 0 Å². The van der Waals surface area contributed by atoms with E-state index in [9.17, 15) is 14.4 Å². The van der Waals surface area contributed by atoms with E-state index in [0.29, 0.717) is 23.4 Å². The first kappa shape index (κ1) is 20.9. The fourth-order valence-electron chi connectivity index (χ4n) is 3.59. The Morgan fingerprint density at radius 2 is 1.85 bits per heavy atom. The number of hydrogen-bond acceptors (Lipinski definition) is 4. The van der Waals surface area contributed by atoms with Crippen LogP contribution < -0.4 is 10.1 Å². The molecule has 27 heavy (non-hydrogen) atoms. The summed E-state index contributed by atoms with van der Waals surface area (Å²) in [4.78, 5) is 38.2. The van der Waals surface area contributed by atoms with Gasteiger partial charge in [-0.15, -0.1) is 0 Å². The summed E-state index contributed by atoms with van der Waals surface area (Å²) in [7, 11) is 0. The minimum Gasteiger partial charge on any atom is -0.483 e. The molecule has 0 aliphatic carbocycles.